The molecule has 0 saturated heterocycles. The summed E-state index contributed by atoms with van der Waals surface area (Å²) in [5, 5.41) is 15.5. The second-order valence-electron chi connectivity index (χ2n) is 7.92. The molecule has 0 unspecified atom stereocenters. The van der Waals surface area contributed by atoms with Crippen LogP contribution in [0, 0.1) is 5.41 Å². The van der Waals surface area contributed by atoms with Gasteiger partial charge in [0, 0.05) is 35.0 Å². The maximum Gasteiger partial charge on any atom is 0.251 e. The minimum Gasteiger partial charge on any atom is -0.396 e. The average molecular weight is 330 g/mol. The zero-order valence-corrected chi connectivity index (χ0v) is 14.4. The number of benzene rings is 1. The van der Waals surface area contributed by atoms with E-state index in [9.17, 15) is 14.7 Å². The Bertz CT molecular complexity index is 661. The van der Waals surface area contributed by atoms with Crippen LogP contribution in [0.25, 0.3) is 0 Å². The molecule has 1 aliphatic carbocycles. The van der Waals surface area contributed by atoms with Gasteiger partial charge in [-0.1, -0.05) is 26.7 Å². The molecule has 1 fully saturated rings. The van der Waals surface area contributed by atoms with Crippen molar-refractivity contribution in [3.8, 4) is 0 Å². The Labute approximate surface area is 142 Å². The fourth-order valence-electron chi connectivity index (χ4n) is 3.93. The fourth-order valence-corrected chi connectivity index (χ4v) is 3.93. The number of carbonyl (C=O) groups is 2. The van der Waals surface area contributed by atoms with E-state index in [1.165, 1.54) is 0 Å². The zero-order chi connectivity index (χ0) is 17.4. The van der Waals surface area contributed by atoms with Gasteiger partial charge >= 0.3 is 0 Å². The van der Waals surface area contributed by atoms with Crippen molar-refractivity contribution >= 4 is 17.5 Å². The van der Waals surface area contributed by atoms with Crippen molar-refractivity contribution in [1.82, 2.24) is 5.32 Å². The molecule has 0 atom stereocenters. The van der Waals surface area contributed by atoms with Gasteiger partial charge in [0.25, 0.3) is 5.91 Å². The van der Waals surface area contributed by atoms with E-state index in [2.05, 4.69) is 10.6 Å². The number of hydrogen-bond acceptors (Lipinski definition) is 3. The van der Waals surface area contributed by atoms with E-state index >= 15 is 0 Å². The molecule has 130 valence electrons. The standard InChI is InChI=1S/C19H26N2O3/c1-18(2)10-16(23)21-15-6-5-13(9-14(15)18)17(24)20-11-19(12-22)7-3-4-8-19/h5-6,9,22H,3-4,7-8,10-12H2,1-2H3,(H,20,24)(H,21,23). The molecule has 2 amide bonds. The first kappa shape index (κ1) is 17.0. The molecular weight excluding hydrogens is 304 g/mol. The van der Waals surface area contributed by atoms with Crippen LogP contribution < -0.4 is 10.6 Å². The number of anilines is 1. The average Bonchev–Trinajstić information content (AvgIpc) is 3.01. The monoisotopic (exact) mass is 330 g/mol. The van der Waals surface area contributed by atoms with Crippen LogP contribution in [0.1, 0.15) is 61.9 Å². The molecule has 0 aromatic heterocycles. The summed E-state index contributed by atoms with van der Waals surface area (Å²) in [7, 11) is 0. The molecule has 5 nitrogen and oxygen atoms in total. The van der Waals surface area contributed by atoms with Gasteiger partial charge in [0.2, 0.25) is 5.91 Å². The molecule has 0 bridgehead atoms. The molecule has 1 aliphatic heterocycles. The first-order valence-electron chi connectivity index (χ1n) is 8.69. The molecule has 24 heavy (non-hydrogen) atoms. The van der Waals surface area contributed by atoms with Gasteiger partial charge in [-0.3, -0.25) is 9.59 Å². The summed E-state index contributed by atoms with van der Waals surface area (Å²) in [5.41, 5.74) is 1.94. The van der Waals surface area contributed by atoms with Crippen LogP contribution in [0.4, 0.5) is 5.69 Å². The summed E-state index contributed by atoms with van der Waals surface area (Å²) < 4.78 is 0. The predicted octanol–water partition coefficient (Wildman–Crippen LogP) is 2.59. The lowest BCUT2D eigenvalue weighted by molar-refractivity contribution is -0.117. The Hall–Kier alpha value is -1.88. The van der Waals surface area contributed by atoms with Gasteiger partial charge in [-0.2, -0.15) is 0 Å². The van der Waals surface area contributed by atoms with Gasteiger partial charge in [-0.15, -0.1) is 0 Å². The number of hydrogen-bond donors (Lipinski definition) is 3. The van der Waals surface area contributed by atoms with Crippen LogP contribution in [0.15, 0.2) is 18.2 Å². The van der Waals surface area contributed by atoms with Crippen molar-refractivity contribution in [2.75, 3.05) is 18.5 Å². The number of fused-ring (bicyclic) bond motifs is 1. The molecule has 2 aliphatic rings. The molecule has 1 aromatic carbocycles. The molecule has 0 radical (unpaired) electrons. The maximum absolute atomic E-state index is 12.5. The summed E-state index contributed by atoms with van der Waals surface area (Å²) >= 11 is 0. The highest BCUT2D eigenvalue weighted by atomic mass is 16.3. The zero-order valence-electron chi connectivity index (χ0n) is 14.4. The number of nitrogens with one attached hydrogen (secondary N) is 2. The second kappa shape index (κ2) is 6.20. The molecule has 3 rings (SSSR count). The first-order chi connectivity index (χ1) is 11.4. The minimum absolute atomic E-state index is 0.0100. The highest BCUT2D eigenvalue weighted by Gasteiger charge is 2.34. The number of carbonyl (C=O) groups excluding carboxylic acids is 2. The minimum atomic E-state index is -0.286. The summed E-state index contributed by atoms with van der Waals surface area (Å²) in [5.74, 6) is -0.110. The third-order valence-electron chi connectivity index (χ3n) is 5.51. The normalized spacial score (nSPS) is 21.0. The van der Waals surface area contributed by atoms with Crippen molar-refractivity contribution in [2.45, 2.75) is 51.4 Å². The fraction of sp³-hybridized carbons (Fsp3) is 0.579. The van der Waals surface area contributed by atoms with E-state index in [1.807, 2.05) is 19.9 Å². The van der Waals surface area contributed by atoms with Crippen LogP contribution in [-0.4, -0.2) is 30.1 Å². The largest absolute Gasteiger partial charge is 0.396 e. The van der Waals surface area contributed by atoms with Crippen molar-refractivity contribution in [2.24, 2.45) is 5.41 Å². The summed E-state index contributed by atoms with van der Waals surface area (Å²) in [6.45, 7) is 4.67. The van der Waals surface area contributed by atoms with E-state index < -0.39 is 0 Å². The van der Waals surface area contributed by atoms with Crippen LogP contribution >= 0.6 is 0 Å². The second-order valence-corrected chi connectivity index (χ2v) is 7.92. The third kappa shape index (κ3) is 3.18. The van der Waals surface area contributed by atoms with Crippen LogP contribution in [-0.2, 0) is 10.2 Å². The van der Waals surface area contributed by atoms with E-state index in [0.29, 0.717) is 18.5 Å². The molecule has 1 heterocycles. The third-order valence-corrected chi connectivity index (χ3v) is 5.51. The molecule has 0 spiro atoms. The summed E-state index contributed by atoms with van der Waals surface area (Å²) in [4.78, 5) is 24.3. The molecule has 1 aromatic rings. The van der Waals surface area contributed by atoms with Crippen molar-refractivity contribution in [3.05, 3.63) is 29.3 Å². The SMILES string of the molecule is CC1(C)CC(=O)Nc2ccc(C(=O)NCC3(CO)CCCC3)cc21. The van der Waals surface area contributed by atoms with E-state index in [-0.39, 0.29) is 29.3 Å². The van der Waals surface area contributed by atoms with Crippen LogP contribution in [0.5, 0.6) is 0 Å². The highest BCUT2D eigenvalue weighted by molar-refractivity contribution is 5.98. The Morgan fingerprint density at radius 1 is 1.29 bits per heavy atom. The smallest absolute Gasteiger partial charge is 0.251 e. The van der Waals surface area contributed by atoms with E-state index in [0.717, 1.165) is 36.9 Å². The van der Waals surface area contributed by atoms with Gasteiger partial charge in [0.1, 0.15) is 0 Å². The first-order valence-corrected chi connectivity index (χ1v) is 8.69. The lowest BCUT2D eigenvalue weighted by Crippen LogP contribution is -2.38. The van der Waals surface area contributed by atoms with Gasteiger partial charge in [0.15, 0.2) is 0 Å². The molecule has 1 saturated carbocycles. The Kier molecular flexibility index (Phi) is 4.38. The molecule has 3 N–H and O–H groups in total. The topological polar surface area (TPSA) is 78.4 Å². The van der Waals surface area contributed by atoms with Crippen LogP contribution in [0.3, 0.4) is 0 Å². The Morgan fingerprint density at radius 3 is 2.67 bits per heavy atom. The van der Waals surface area contributed by atoms with Crippen molar-refractivity contribution < 1.29 is 14.7 Å². The number of amides is 2. The lowest BCUT2D eigenvalue weighted by atomic mass is 9.77. The van der Waals surface area contributed by atoms with Crippen molar-refractivity contribution in [1.29, 1.82) is 0 Å². The number of aliphatic hydroxyl groups excluding tert-OH is 1. The van der Waals surface area contributed by atoms with Gasteiger partial charge < -0.3 is 15.7 Å². The molecular formula is C19H26N2O3. The van der Waals surface area contributed by atoms with Gasteiger partial charge in [-0.25, -0.2) is 0 Å². The van der Waals surface area contributed by atoms with E-state index in [1.54, 1.807) is 12.1 Å². The Balaban J connectivity index is 1.76. The van der Waals surface area contributed by atoms with Gasteiger partial charge in [0.05, 0.1) is 6.61 Å². The number of aliphatic hydroxyl groups is 1. The maximum atomic E-state index is 12.5. The quantitative estimate of drug-likeness (QED) is 0.794. The molecule has 5 heteroatoms. The van der Waals surface area contributed by atoms with E-state index in [4.69, 9.17) is 0 Å². The number of rotatable bonds is 4. The van der Waals surface area contributed by atoms with Gasteiger partial charge in [-0.05, 0) is 36.6 Å². The predicted molar refractivity (Wildman–Crippen MR) is 93.0 cm³/mol. The summed E-state index contributed by atoms with van der Waals surface area (Å²) in [6, 6.07) is 5.43. The lowest BCUT2D eigenvalue weighted by Gasteiger charge is -2.32. The summed E-state index contributed by atoms with van der Waals surface area (Å²) in [6.07, 6.45) is 4.57. The van der Waals surface area contributed by atoms with Crippen molar-refractivity contribution in [3.63, 3.8) is 0 Å². The van der Waals surface area contributed by atoms with Crippen LogP contribution in [0.2, 0.25) is 0 Å². The highest BCUT2D eigenvalue weighted by Crippen LogP contribution is 2.38. The Morgan fingerprint density at radius 2 is 2.00 bits per heavy atom.